The van der Waals surface area contributed by atoms with Crippen LogP contribution in [0.15, 0.2) is 60.8 Å². The van der Waals surface area contributed by atoms with Gasteiger partial charge in [-0.05, 0) is 18.1 Å². The third kappa shape index (κ3) is 4.13. The summed E-state index contributed by atoms with van der Waals surface area (Å²) in [4.78, 5) is 19.6. The number of nitro groups is 1. The molecule has 9 heteroatoms. The van der Waals surface area contributed by atoms with E-state index in [1.165, 1.54) is 12.1 Å². The Morgan fingerprint density at radius 3 is 2.76 bits per heavy atom. The molecule has 3 N–H and O–H groups in total. The number of rotatable bonds is 7. The molecule has 4 rings (SSSR count). The van der Waals surface area contributed by atoms with Gasteiger partial charge in [-0.15, -0.1) is 0 Å². The van der Waals surface area contributed by atoms with Crippen LogP contribution >= 0.6 is 0 Å². The molecular formula is C20H19N7O2. The lowest BCUT2D eigenvalue weighted by Crippen LogP contribution is -2.11. The minimum absolute atomic E-state index is 0.0359. The molecule has 2 heterocycles. The highest BCUT2D eigenvalue weighted by atomic mass is 16.6. The predicted molar refractivity (Wildman–Crippen MR) is 111 cm³/mol. The molecule has 0 aliphatic heterocycles. The van der Waals surface area contributed by atoms with E-state index < -0.39 is 4.92 Å². The van der Waals surface area contributed by atoms with Crippen LogP contribution in [0.25, 0.3) is 11.0 Å². The summed E-state index contributed by atoms with van der Waals surface area (Å²) in [7, 11) is 0. The maximum atomic E-state index is 10.9. The first-order valence-corrected chi connectivity index (χ1v) is 9.10. The fraction of sp³-hybridized carbons (Fsp3) is 0.150. The second kappa shape index (κ2) is 7.93. The maximum Gasteiger partial charge on any atom is 0.269 e. The van der Waals surface area contributed by atoms with Crippen molar-refractivity contribution in [3.63, 3.8) is 0 Å². The van der Waals surface area contributed by atoms with E-state index in [0.717, 1.165) is 16.5 Å². The summed E-state index contributed by atoms with van der Waals surface area (Å²) < 4.78 is 0. The number of hydrogen-bond acceptors (Lipinski definition) is 7. The first-order valence-electron chi connectivity index (χ1n) is 9.10. The van der Waals surface area contributed by atoms with Gasteiger partial charge in [-0.25, -0.2) is 0 Å². The van der Waals surface area contributed by atoms with Crippen molar-refractivity contribution < 1.29 is 4.92 Å². The van der Waals surface area contributed by atoms with Crippen molar-refractivity contribution in [2.24, 2.45) is 0 Å². The number of nitro benzene ring substituents is 1. The van der Waals surface area contributed by atoms with Gasteiger partial charge in [-0.3, -0.25) is 15.2 Å². The lowest BCUT2D eigenvalue weighted by Gasteiger charge is -2.16. The first-order chi connectivity index (χ1) is 14.1. The molecule has 0 bridgehead atoms. The van der Waals surface area contributed by atoms with Crippen LogP contribution in [0, 0.1) is 10.1 Å². The molecule has 0 unspecified atom stereocenters. The number of fused-ring (bicyclic) bond motifs is 1. The van der Waals surface area contributed by atoms with Crippen molar-refractivity contribution in [3.8, 4) is 0 Å². The molecule has 0 aliphatic carbocycles. The van der Waals surface area contributed by atoms with Gasteiger partial charge >= 0.3 is 0 Å². The number of nitrogens with one attached hydrogen (secondary N) is 3. The highest BCUT2D eigenvalue weighted by Crippen LogP contribution is 2.25. The van der Waals surface area contributed by atoms with E-state index in [2.05, 4.69) is 37.7 Å². The van der Waals surface area contributed by atoms with Crippen molar-refractivity contribution in [2.45, 2.75) is 19.5 Å². The van der Waals surface area contributed by atoms with Crippen LogP contribution in [-0.2, 0) is 6.54 Å². The second-order valence-electron chi connectivity index (χ2n) is 6.59. The molecule has 9 nitrogen and oxygen atoms in total. The molecule has 2 aromatic carbocycles. The topological polar surface area (TPSA) is 122 Å². The molecule has 0 spiro atoms. The molecular weight excluding hydrogens is 370 g/mol. The number of hydrogen-bond donors (Lipinski definition) is 3. The monoisotopic (exact) mass is 389 g/mol. The van der Waals surface area contributed by atoms with Crippen LogP contribution < -0.4 is 10.6 Å². The molecule has 0 aliphatic rings. The third-order valence-electron chi connectivity index (χ3n) is 4.53. The zero-order valence-electron chi connectivity index (χ0n) is 15.7. The molecule has 0 saturated carbocycles. The van der Waals surface area contributed by atoms with Crippen molar-refractivity contribution in [1.29, 1.82) is 0 Å². The molecule has 0 radical (unpaired) electrons. The Morgan fingerprint density at radius 1 is 1.14 bits per heavy atom. The molecule has 0 amide bonds. The summed E-state index contributed by atoms with van der Waals surface area (Å²) in [5, 5.41) is 25.2. The number of aromatic amines is 1. The average Bonchev–Trinajstić information content (AvgIpc) is 3.22. The van der Waals surface area contributed by atoms with Crippen LogP contribution in [0.5, 0.6) is 0 Å². The number of anilines is 2. The van der Waals surface area contributed by atoms with E-state index in [0.29, 0.717) is 24.0 Å². The van der Waals surface area contributed by atoms with Crippen molar-refractivity contribution >= 4 is 28.5 Å². The van der Waals surface area contributed by atoms with Gasteiger partial charge in [0.2, 0.25) is 5.95 Å². The van der Waals surface area contributed by atoms with Crippen LogP contribution in [0.2, 0.25) is 0 Å². The summed E-state index contributed by atoms with van der Waals surface area (Å²) in [6.07, 6.45) is 1.68. The quantitative estimate of drug-likeness (QED) is 0.322. The van der Waals surface area contributed by atoms with E-state index in [1.54, 1.807) is 12.3 Å². The molecule has 0 fully saturated rings. The standard InChI is InChI=1S/C20H19N7O2/c1-13(15-7-3-2-4-8-15)23-18-17-12-22-26-19(17)25-20(24-18)21-11-14-6-5-9-16(10-14)27(28)29/h2-10,12-13H,11H2,1H3,(H3,21,22,23,24,25,26)/t13-/m0/s1. The highest BCUT2D eigenvalue weighted by molar-refractivity contribution is 5.87. The lowest BCUT2D eigenvalue weighted by atomic mass is 10.1. The SMILES string of the molecule is C[C@H](Nc1nc(NCc2cccc([N+](=O)[O-])c2)nc2[nH]ncc12)c1ccccc1. The Kier molecular flexibility index (Phi) is 5.02. The number of H-pyrrole nitrogens is 1. The van der Waals surface area contributed by atoms with Crippen LogP contribution in [0.1, 0.15) is 24.1 Å². The minimum atomic E-state index is -0.413. The smallest absolute Gasteiger partial charge is 0.269 e. The number of aromatic nitrogens is 4. The van der Waals surface area contributed by atoms with Crippen molar-refractivity contribution in [2.75, 3.05) is 10.6 Å². The van der Waals surface area contributed by atoms with Gasteiger partial charge in [0.05, 0.1) is 16.5 Å². The zero-order valence-corrected chi connectivity index (χ0v) is 15.7. The fourth-order valence-electron chi connectivity index (χ4n) is 3.02. The third-order valence-corrected chi connectivity index (χ3v) is 4.53. The lowest BCUT2D eigenvalue weighted by molar-refractivity contribution is -0.384. The van der Waals surface area contributed by atoms with E-state index >= 15 is 0 Å². The van der Waals surface area contributed by atoms with Gasteiger partial charge in [0.15, 0.2) is 5.65 Å². The average molecular weight is 389 g/mol. The Hall–Kier alpha value is -4.01. The molecule has 0 saturated heterocycles. The summed E-state index contributed by atoms with van der Waals surface area (Å²) in [5.74, 6) is 1.05. The molecule has 2 aromatic heterocycles. The number of nitrogens with zero attached hydrogens (tertiary/aromatic N) is 4. The summed E-state index contributed by atoms with van der Waals surface area (Å²) in [6, 6.07) is 16.6. The van der Waals surface area contributed by atoms with Gasteiger partial charge in [-0.1, -0.05) is 42.5 Å². The molecule has 146 valence electrons. The summed E-state index contributed by atoms with van der Waals surface area (Å²) in [6.45, 7) is 2.41. The van der Waals surface area contributed by atoms with Crippen LogP contribution in [0.4, 0.5) is 17.5 Å². The Bertz CT molecular complexity index is 1140. The molecule has 1 atom stereocenters. The van der Waals surface area contributed by atoms with Crippen LogP contribution in [-0.4, -0.2) is 25.1 Å². The first kappa shape index (κ1) is 18.4. The van der Waals surface area contributed by atoms with Crippen molar-refractivity contribution in [1.82, 2.24) is 20.2 Å². The zero-order chi connectivity index (χ0) is 20.2. The Labute approximate surface area is 166 Å². The molecule has 4 aromatic rings. The Morgan fingerprint density at radius 2 is 1.97 bits per heavy atom. The van der Waals surface area contributed by atoms with E-state index in [4.69, 9.17) is 0 Å². The van der Waals surface area contributed by atoms with E-state index in [-0.39, 0.29) is 11.7 Å². The Balaban J connectivity index is 1.56. The highest BCUT2D eigenvalue weighted by Gasteiger charge is 2.13. The van der Waals surface area contributed by atoms with Gasteiger partial charge in [-0.2, -0.15) is 15.1 Å². The normalized spacial score (nSPS) is 11.9. The summed E-state index contributed by atoms with van der Waals surface area (Å²) >= 11 is 0. The largest absolute Gasteiger partial charge is 0.363 e. The number of non-ortho nitro benzene ring substituents is 1. The van der Waals surface area contributed by atoms with E-state index in [9.17, 15) is 10.1 Å². The minimum Gasteiger partial charge on any atom is -0.363 e. The summed E-state index contributed by atoms with van der Waals surface area (Å²) in [5.41, 5.74) is 2.55. The van der Waals surface area contributed by atoms with Crippen molar-refractivity contribution in [3.05, 3.63) is 82.0 Å². The second-order valence-corrected chi connectivity index (χ2v) is 6.59. The van der Waals surface area contributed by atoms with Gasteiger partial charge in [0, 0.05) is 24.7 Å². The molecule has 29 heavy (non-hydrogen) atoms. The fourth-order valence-corrected chi connectivity index (χ4v) is 3.02. The van der Waals surface area contributed by atoms with Crippen LogP contribution in [0.3, 0.4) is 0 Å². The van der Waals surface area contributed by atoms with Gasteiger partial charge < -0.3 is 10.6 Å². The van der Waals surface area contributed by atoms with Gasteiger partial charge in [0.25, 0.3) is 5.69 Å². The van der Waals surface area contributed by atoms with Gasteiger partial charge in [0.1, 0.15) is 5.82 Å². The maximum absolute atomic E-state index is 10.9. The van der Waals surface area contributed by atoms with E-state index in [1.807, 2.05) is 36.4 Å². The predicted octanol–water partition coefficient (Wildman–Crippen LogP) is 4.05. The number of benzene rings is 2.